The summed E-state index contributed by atoms with van der Waals surface area (Å²) in [6.07, 6.45) is 1.70. The molecule has 0 radical (unpaired) electrons. The van der Waals surface area contributed by atoms with Crippen LogP contribution in [0, 0.1) is 0 Å². The van der Waals surface area contributed by atoms with Crippen molar-refractivity contribution in [1.82, 2.24) is 4.98 Å². The lowest BCUT2D eigenvalue weighted by atomic mass is 10.4. The first kappa shape index (κ1) is 13.0. The van der Waals surface area contributed by atoms with Gasteiger partial charge in [-0.3, -0.25) is 0 Å². The van der Waals surface area contributed by atoms with E-state index in [0.29, 0.717) is 15.7 Å². The van der Waals surface area contributed by atoms with Gasteiger partial charge in [0.25, 0.3) is 0 Å². The number of hydrogen-bond acceptors (Lipinski definition) is 3. The van der Waals surface area contributed by atoms with Crippen LogP contribution in [0.1, 0.15) is 0 Å². The van der Waals surface area contributed by atoms with Gasteiger partial charge in [0.05, 0.1) is 15.7 Å². The minimum atomic E-state index is 0.521. The van der Waals surface area contributed by atoms with E-state index in [0.717, 1.165) is 14.4 Å². The molecule has 17 heavy (non-hydrogen) atoms. The molecule has 2 aromatic rings. The van der Waals surface area contributed by atoms with Gasteiger partial charge in [-0.05, 0) is 40.2 Å². The Morgan fingerprint density at radius 2 is 1.94 bits per heavy atom. The van der Waals surface area contributed by atoms with Crippen molar-refractivity contribution < 1.29 is 0 Å². The lowest BCUT2D eigenvalue weighted by Crippen LogP contribution is -1.91. The van der Waals surface area contributed by atoms with Crippen molar-refractivity contribution in [3.63, 3.8) is 0 Å². The molecule has 0 spiro atoms. The Morgan fingerprint density at radius 3 is 2.59 bits per heavy atom. The molecular formula is C11H7BrCl2N2S. The number of hydrogen-bond donors (Lipinski definition) is 1. The third kappa shape index (κ3) is 3.28. The highest BCUT2D eigenvalue weighted by molar-refractivity contribution is 9.10. The summed E-state index contributed by atoms with van der Waals surface area (Å²) in [6.45, 7) is 0. The highest BCUT2D eigenvalue weighted by Gasteiger charge is 2.06. The largest absolute Gasteiger partial charge is 0.397 e. The Bertz CT molecular complexity index is 563. The van der Waals surface area contributed by atoms with Crippen molar-refractivity contribution in [2.24, 2.45) is 0 Å². The molecular weight excluding hydrogens is 343 g/mol. The fourth-order valence-electron chi connectivity index (χ4n) is 1.18. The van der Waals surface area contributed by atoms with E-state index >= 15 is 0 Å². The summed E-state index contributed by atoms with van der Waals surface area (Å²) in [6, 6.07) is 7.23. The predicted molar refractivity (Wildman–Crippen MR) is 76.9 cm³/mol. The minimum Gasteiger partial charge on any atom is -0.397 e. The van der Waals surface area contributed by atoms with Gasteiger partial charge in [0.1, 0.15) is 5.03 Å². The quantitative estimate of drug-likeness (QED) is 0.839. The Hall–Kier alpha value is -0.420. The third-order valence-corrected chi connectivity index (χ3v) is 4.15. The molecule has 2 rings (SSSR count). The maximum atomic E-state index is 5.94. The molecule has 2 N–H and O–H groups in total. The third-order valence-electron chi connectivity index (χ3n) is 1.95. The normalized spacial score (nSPS) is 10.5. The van der Waals surface area contributed by atoms with E-state index in [1.54, 1.807) is 18.3 Å². The zero-order chi connectivity index (χ0) is 12.4. The molecule has 1 heterocycles. The number of nitrogens with zero attached hydrogens (tertiary/aromatic N) is 1. The summed E-state index contributed by atoms with van der Waals surface area (Å²) in [4.78, 5) is 5.19. The lowest BCUT2D eigenvalue weighted by Gasteiger charge is -2.05. The monoisotopic (exact) mass is 348 g/mol. The van der Waals surface area contributed by atoms with Crippen molar-refractivity contribution in [3.05, 3.63) is 45.0 Å². The van der Waals surface area contributed by atoms with Crippen LogP contribution in [0.4, 0.5) is 5.69 Å². The molecule has 2 nitrogen and oxygen atoms in total. The number of nitrogen functional groups attached to an aromatic ring is 1. The summed E-state index contributed by atoms with van der Waals surface area (Å²) in [5.74, 6) is 0. The first-order valence-corrected chi connectivity index (χ1v) is 6.97. The molecule has 88 valence electrons. The van der Waals surface area contributed by atoms with Gasteiger partial charge in [-0.15, -0.1) is 0 Å². The van der Waals surface area contributed by atoms with Gasteiger partial charge in [0.2, 0.25) is 0 Å². The topological polar surface area (TPSA) is 38.9 Å². The lowest BCUT2D eigenvalue weighted by molar-refractivity contribution is 1.13. The van der Waals surface area contributed by atoms with Crippen molar-refractivity contribution in [2.45, 2.75) is 9.92 Å². The Balaban J connectivity index is 2.28. The van der Waals surface area contributed by atoms with E-state index in [9.17, 15) is 0 Å². The molecule has 0 unspecified atom stereocenters. The number of aromatic nitrogens is 1. The first-order valence-electron chi connectivity index (χ1n) is 4.60. The van der Waals surface area contributed by atoms with Crippen LogP contribution in [0.15, 0.2) is 44.9 Å². The van der Waals surface area contributed by atoms with Gasteiger partial charge >= 0.3 is 0 Å². The number of halogens is 3. The number of pyridine rings is 1. The summed E-state index contributed by atoms with van der Waals surface area (Å²) in [7, 11) is 0. The summed E-state index contributed by atoms with van der Waals surface area (Å²) in [5, 5.41) is 1.80. The molecule has 0 aliphatic carbocycles. The Kier molecular flexibility index (Phi) is 4.20. The van der Waals surface area contributed by atoms with Crippen LogP contribution in [0.5, 0.6) is 0 Å². The van der Waals surface area contributed by atoms with Crippen LogP contribution in [-0.4, -0.2) is 4.98 Å². The van der Waals surface area contributed by atoms with E-state index in [-0.39, 0.29) is 0 Å². The fourth-order valence-corrected chi connectivity index (χ4v) is 2.71. The number of rotatable bonds is 2. The maximum absolute atomic E-state index is 5.94. The molecule has 0 atom stereocenters. The smallest absolute Gasteiger partial charge is 0.124 e. The second-order valence-electron chi connectivity index (χ2n) is 3.23. The van der Waals surface area contributed by atoms with Crippen molar-refractivity contribution in [1.29, 1.82) is 0 Å². The molecule has 1 aromatic carbocycles. The average Bonchev–Trinajstić information content (AvgIpc) is 2.27. The molecule has 0 aliphatic heterocycles. The van der Waals surface area contributed by atoms with Crippen LogP contribution < -0.4 is 5.73 Å². The van der Waals surface area contributed by atoms with Crippen molar-refractivity contribution in [2.75, 3.05) is 5.73 Å². The van der Waals surface area contributed by atoms with Gasteiger partial charge in [0.15, 0.2) is 0 Å². The Labute approximate surface area is 122 Å². The number of nitrogens with two attached hydrogens (primary N) is 1. The predicted octanol–water partition coefficient (Wildman–Crippen LogP) is 4.88. The van der Waals surface area contributed by atoms with Crippen LogP contribution >= 0.6 is 50.9 Å². The molecule has 0 aliphatic rings. The number of benzene rings is 1. The second kappa shape index (κ2) is 5.48. The molecule has 0 saturated carbocycles. The standard InChI is InChI=1S/C11H7BrCl2N2S/c12-6-3-10(15)11(16-5-6)17-7-1-2-8(13)9(14)4-7/h1-5H,15H2. The SMILES string of the molecule is Nc1cc(Br)cnc1Sc1ccc(Cl)c(Cl)c1. The van der Waals surface area contributed by atoms with Crippen LogP contribution in [0.25, 0.3) is 0 Å². The van der Waals surface area contributed by atoms with Gasteiger partial charge < -0.3 is 5.73 Å². The highest BCUT2D eigenvalue weighted by Crippen LogP contribution is 2.34. The molecule has 6 heteroatoms. The molecule has 0 saturated heterocycles. The minimum absolute atomic E-state index is 0.521. The van der Waals surface area contributed by atoms with E-state index in [4.69, 9.17) is 28.9 Å². The van der Waals surface area contributed by atoms with Crippen LogP contribution in [0.3, 0.4) is 0 Å². The molecule has 1 aromatic heterocycles. The van der Waals surface area contributed by atoms with Gasteiger partial charge in [-0.2, -0.15) is 0 Å². The molecule has 0 bridgehead atoms. The van der Waals surface area contributed by atoms with E-state index in [1.165, 1.54) is 11.8 Å². The average molecular weight is 350 g/mol. The van der Waals surface area contributed by atoms with Gasteiger partial charge in [-0.1, -0.05) is 35.0 Å². The maximum Gasteiger partial charge on any atom is 0.124 e. The summed E-state index contributed by atoms with van der Waals surface area (Å²) < 4.78 is 0.855. The van der Waals surface area contributed by atoms with Crippen molar-refractivity contribution in [3.8, 4) is 0 Å². The molecule has 0 fully saturated rings. The van der Waals surface area contributed by atoms with Crippen LogP contribution in [0.2, 0.25) is 10.0 Å². The zero-order valence-electron chi connectivity index (χ0n) is 8.45. The zero-order valence-corrected chi connectivity index (χ0v) is 12.4. The van der Waals surface area contributed by atoms with E-state index < -0.39 is 0 Å². The first-order chi connectivity index (χ1) is 8.06. The molecule has 0 amide bonds. The van der Waals surface area contributed by atoms with Gasteiger partial charge in [0, 0.05) is 15.6 Å². The van der Waals surface area contributed by atoms with Gasteiger partial charge in [-0.25, -0.2) is 4.98 Å². The summed E-state index contributed by atoms with van der Waals surface area (Å²) >= 11 is 16.5. The van der Waals surface area contributed by atoms with Crippen molar-refractivity contribution >= 4 is 56.6 Å². The van der Waals surface area contributed by atoms with E-state index in [1.807, 2.05) is 12.1 Å². The second-order valence-corrected chi connectivity index (χ2v) is 6.02. The summed E-state index contributed by atoms with van der Waals surface area (Å²) in [5.41, 5.74) is 6.49. The van der Waals surface area contributed by atoms with E-state index in [2.05, 4.69) is 20.9 Å². The van der Waals surface area contributed by atoms with Crippen LogP contribution in [-0.2, 0) is 0 Å². The highest BCUT2D eigenvalue weighted by atomic mass is 79.9. The Morgan fingerprint density at radius 1 is 1.18 bits per heavy atom. The number of anilines is 1. The fraction of sp³-hybridized carbons (Fsp3) is 0.